The van der Waals surface area contributed by atoms with E-state index < -0.39 is 47.0 Å². The summed E-state index contributed by atoms with van der Waals surface area (Å²) in [4.78, 5) is 85.0. The Morgan fingerprint density at radius 2 is 1.75 bits per heavy atom. The number of fused-ring (bicyclic) bond motifs is 3. The summed E-state index contributed by atoms with van der Waals surface area (Å²) in [5, 5.41) is 5.19. The van der Waals surface area contributed by atoms with Gasteiger partial charge in [-0.1, -0.05) is 20.4 Å². The Morgan fingerprint density at radius 3 is 2.42 bits per heavy atom. The third-order valence-corrected chi connectivity index (χ3v) is 8.79. The number of carbonyl (C=O) groups is 4. The van der Waals surface area contributed by atoms with Crippen LogP contribution in [0.4, 0.5) is 10.2 Å². The lowest BCUT2D eigenvalue weighted by atomic mass is 10.0. The minimum Gasteiger partial charge on any atom is -0.349 e. The van der Waals surface area contributed by atoms with Crippen molar-refractivity contribution in [2.24, 2.45) is 0 Å². The highest BCUT2D eigenvalue weighted by molar-refractivity contribution is 6.00. The smallest absolute Gasteiger partial charge is 0.349 e. The van der Waals surface area contributed by atoms with Gasteiger partial charge in [0, 0.05) is 45.0 Å². The van der Waals surface area contributed by atoms with E-state index in [1.165, 1.54) is 29.4 Å². The Hall–Kier alpha value is -5.21. The number of anilines is 1. The fourth-order valence-corrected chi connectivity index (χ4v) is 6.25. The van der Waals surface area contributed by atoms with Gasteiger partial charge in [-0.3, -0.25) is 24.2 Å². The Balaban J connectivity index is 1.83. The number of hydrogen-bond donors (Lipinski definition) is 2. The molecule has 5 rings (SSSR count). The molecule has 5 heterocycles. The Morgan fingerprint density at radius 1 is 1.04 bits per heavy atom. The monoisotopic (exact) mass is 661 g/mol. The molecule has 0 spiro atoms. The molecule has 1 fully saturated rings. The van der Waals surface area contributed by atoms with Crippen LogP contribution in [0, 0.1) is 5.82 Å². The molecule has 14 nitrogen and oxygen atoms in total. The lowest BCUT2D eigenvalue weighted by Gasteiger charge is -2.44. The minimum atomic E-state index is -1.15. The van der Waals surface area contributed by atoms with E-state index in [1.807, 2.05) is 32.6 Å². The number of amides is 4. The largest absolute Gasteiger partial charge is 0.355 e. The molecule has 4 amide bonds. The van der Waals surface area contributed by atoms with Crippen molar-refractivity contribution < 1.29 is 23.6 Å². The molecule has 3 aromatic heterocycles. The second kappa shape index (κ2) is 13.1. The second-order valence-corrected chi connectivity index (χ2v) is 12.8. The van der Waals surface area contributed by atoms with Gasteiger partial charge in [0.05, 0.1) is 16.8 Å². The van der Waals surface area contributed by atoms with Gasteiger partial charge in [-0.2, -0.15) is 4.98 Å². The Bertz CT molecular complexity index is 1890. The summed E-state index contributed by atoms with van der Waals surface area (Å²) in [5.74, 6) is -3.37. The number of rotatable bonds is 3. The molecule has 2 N–H and O–H groups in total. The molecule has 2 aliphatic rings. The molecule has 15 heteroatoms. The molecule has 0 radical (unpaired) electrons. The summed E-state index contributed by atoms with van der Waals surface area (Å²) < 4.78 is 17.2. The molecular weight excluding hydrogens is 621 g/mol. The number of nitrogens with one attached hydrogen (secondary N) is 2. The zero-order valence-corrected chi connectivity index (χ0v) is 28.1. The maximum atomic E-state index is 16.0. The fraction of sp³-hybridized carbons (Fsp3) is 0.455. The van der Waals surface area contributed by atoms with Gasteiger partial charge in [0.1, 0.15) is 17.9 Å². The van der Waals surface area contributed by atoms with Gasteiger partial charge in [-0.15, -0.1) is 0 Å². The predicted octanol–water partition coefficient (Wildman–Crippen LogP) is 1.64. The average molecular weight is 662 g/mol. The van der Waals surface area contributed by atoms with Crippen molar-refractivity contribution in [3.05, 3.63) is 64.2 Å². The van der Waals surface area contributed by atoms with Gasteiger partial charge in [0.25, 0.3) is 5.91 Å². The first kappa shape index (κ1) is 34.1. The van der Waals surface area contributed by atoms with Crippen molar-refractivity contribution >= 4 is 40.5 Å². The quantitative estimate of drug-likeness (QED) is 0.398. The van der Waals surface area contributed by atoms with Crippen molar-refractivity contribution in [2.45, 2.75) is 78.2 Å². The van der Waals surface area contributed by atoms with Crippen molar-refractivity contribution in [3.8, 4) is 5.69 Å². The maximum Gasteiger partial charge on any atom is 0.355 e. The van der Waals surface area contributed by atoms with Crippen LogP contribution in [0.3, 0.4) is 0 Å². The highest BCUT2D eigenvalue weighted by atomic mass is 19.1. The van der Waals surface area contributed by atoms with E-state index in [0.717, 1.165) is 6.07 Å². The van der Waals surface area contributed by atoms with Crippen molar-refractivity contribution in [1.82, 2.24) is 40.0 Å². The summed E-state index contributed by atoms with van der Waals surface area (Å²) in [6, 6.07) is 0.0200. The number of nitrogens with zero attached hydrogens (tertiary/aromatic N) is 7. The van der Waals surface area contributed by atoms with E-state index in [-0.39, 0.29) is 60.4 Å². The lowest BCUT2D eigenvalue weighted by molar-refractivity contribution is -0.135. The summed E-state index contributed by atoms with van der Waals surface area (Å²) in [5.41, 5.74) is -0.162. The Labute approximate surface area is 277 Å². The first-order valence-corrected chi connectivity index (χ1v) is 15.8. The number of pyridine rings is 2. The van der Waals surface area contributed by atoms with Gasteiger partial charge in [0.2, 0.25) is 17.7 Å². The first-order valence-electron chi connectivity index (χ1n) is 15.8. The van der Waals surface area contributed by atoms with Gasteiger partial charge >= 0.3 is 5.69 Å². The van der Waals surface area contributed by atoms with Gasteiger partial charge in [-0.25, -0.2) is 18.7 Å². The van der Waals surface area contributed by atoms with Gasteiger partial charge in [0.15, 0.2) is 17.2 Å². The number of hydrogen-bond acceptors (Lipinski definition) is 9. The standard InChI is InChI=1S/C33H40FN9O5/c1-9-24(44)41-13-18(5)42(14-17(41)4)28-22-12-23(34)26-31(46)36-19(6)30(45)37-20(7)32(47)40(8)15-21-10-11-35-25(16(2)3)27(21)43(29(22)38-26)33(48)39-28/h9-12,16-20H,1,13-15H2,2-8H3,(H,36,46)(H,37,45)/t17-,18+,19?,20?/m1/s1. The van der Waals surface area contributed by atoms with E-state index in [0.29, 0.717) is 16.9 Å². The van der Waals surface area contributed by atoms with Gasteiger partial charge in [-0.05, 0) is 57.4 Å². The number of likely N-dealkylation sites (N-methyl/N-ethyl adjacent to an activating group) is 1. The van der Waals surface area contributed by atoms with E-state index in [9.17, 15) is 24.0 Å². The predicted molar refractivity (Wildman–Crippen MR) is 176 cm³/mol. The zero-order chi connectivity index (χ0) is 35.2. The van der Waals surface area contributed by atoms with Crippen LogP contribution < -0.4 is 21.2 Å². The molecule has 0 saturated carbocycles. The summed E-state index contributed by atoms with van der Waals surface area (Å²) in [6.07, 6.45) is 2.82. The number of halogens is 1. The molecule has 2 aliphatic heterocycles. The molecule has 1 saturated heterocycles. The molecule has 254 valence electrons. The highest BCUT2D eigenvalue weighted by Gasteiger charge is 2.35. The highest BCUT2D eigenvalue weighted by Crippen LogP contribution is 2.32. The number of aromatic nitrogens is 4. The minimum absolute atomic E-state index is 0.0148. The summed E-state index contributed by atoms with van der Waals surface area (Å²) in [6.45, 7) is 14.6. The van der Waals surface area contributed by atoms with Crippen LogP contribution in [-0.4, -0.2) is 97.3 Å². The van der Waals surface area contributed by atoms with E-state index in [2.05, 4.69) is 32.2 Å². The van der Waals surface area contributed by atoms with E-state index in [1.54, 1.807) is 24.2 Å². The third-order valence-electron chi connectivity index (χ3n) is 8.79. The lowest BCUT2D eigenvalue weighted by Crippen LogP contribution is -2.58. The molecule has 2 unspecified atom stereocenters. The maximum absolute atomic E-state index is 16.0. The van der Waals surface area contributed by atoms with Crippen LogP contribution in [-0.2, 0) is 20.9 Å². The van der Waals surface area contributed by atoms with E-state index >= 15 is 4.39 Å². The normalized spacial score (nSPS) is 22.3. The van der Waals surface area contributed by atoms with Crippen molar-refractivity contribution in [1.29, 1.82) is 0 Å². The van der Waals surface area contributed by atoms with Crippen LogP contribution in [0.1, 0.15) is 69.2 Å². The Kier molecular flexibility index (Phi) is 9.33. The fourth-order valence-electron chi connectivity index (χ4n) is 6.25. The molecule has 2 bridgehead atoms. The van der Waals surface area contributed by atoms with E-state index in [4.69, 9.17) is 0 Å². The number of carbonyl (C=O) groups excluding carboxylic acids is 4. The first-order chi connectivity index (χ1) is 22.6. The zero-order valence-electron chi connectivity index (χ0n) is 28.1. The molecule has 0 aliphatic carbocycles. The third kappa shape index (κ3) is 6.11. The molecular formula is C33H40FN9O5. The van der Waals surface area contributed by atoms with Crippen molar-refractivity contribution in [3.63, 3.8) is 0 Å². The van der Waals surface area contributed by atoms with Gasteiger partial charge < -0.3 is 25.3 Å². The van der Waals surface area contributed by atoms with Crippen LogP contribution in [0.25, 0.3) is 16.7 Å². The summed E-state index contributed by atoms with van der Waals surface area (Å²) >= 11 is 0. The second-order valence-electron chi connectivity index (χ2n) is 12.8. The SMILES string of the molecule is C=CC(=O)N1C[C@H](C)N(c2nc(=O)n3c4nc(c(F)cc24)C(=O)NC(C)C(=O)NC(C)C(=O)N(C)Cc2ccnc(C(C)C)c2-3)C[C@H]1C. The van der Waals surface area contributed by atoms with Crippen LogP contribution in [0.2, 0.25) is 0 Å². The molecule has 4 atom stereocenters. The van der Waals surface area contributed by atoms with Crippen LogP contribution in [0.15, 0.2) is 35.8 Å². The van der Waals surface area contributed by atoms with Crippen LogP contribution in [0.5, 0.6) is 0 Å². The number of piperazine rings is 1. The molecule has 3 aromatic rings. The van der Waals surface area contributed by atoms with Crippen molar-refractivity contribution in [2.75, 3.05) is 25.0 Å². The summed E-state index contributed by atoms with van der Waals surface area (Å²) in [7, 11) is 1.57. The molecule has 0 aromatic carbocycles. The topological polar surface area (TPSA) is 163 Å². The van der Waals surface area contributed by atoms with Crippen LogP contribution >= 0.6 is 0 Å². The average Bonchev–Trinajstić information content (AvgIpc) is 3.04. The molecule has 48 heavy (non-hydrogen) atoms.